The molecular weight excluding hydrogens is 509 g/mol. The van der Waals surface area contributed by atoms with Gasteiger partial charge < -0.3 is 0 Å². The third kappa shape index (κ3) is 7.85. The normalized spacial score (nSPS) is 11.1. The number of halogens is 2. The van der Waals surface area contributed by atoms with E-state index in [0.717, 1.165) is 39.7 Å². The molecule has 0 aliphatic heterocycles. The zero-order valence-corrected chi connectivity index (χ0v) is 21.0. The van der Waals surface area contributed by atoms with Gasteiger partial charge >= 0.3 is 10.1 Å². The second kappa shape index (κ2) is 11.9. The maximum Gasteiger partial charge on any atom is 0.357 e. The minimum Gasteiger partial charge on any atom is -0.280 e. The van der Waals surface area contributed by atoms with Crippen LogP contribution in [0.3, 0.4) is 0 Å². The lowest BCUT2D eigenvalue weighted by atomic mass is 10.2. The van der Waals surface area contributed by atoms with E-state index >= 15 is 0 Å². The molecule has 3 aromatic carbocycles. The predicted octanol–water partition coefficient (Wildman–Crippen LogP) is 5.91. The van der Waals surface area contributed by atoms with E-state index in [2.05, 4.69) is 12.6 Å². The van der Waals surface area contributed by atoms with Crippen LogP contribution in [0, 0.1) is 12.7 Å². The van der Waals surface area contributed by atoms with Crippen molar-refractivity contribution >= 4 is 46.5 Å². The molecule has 35 heavy (non-hydrogen) atoms. The fourth-order valence-corrected chi connectivity index (χ4v) is 4.04. The van der Waals surface area contributed by atoms with Crippen LogP contribution in [0.4, 0.5) is 4.39 Å². The van der Waals surface area contributed by atoms with Gasteiger partial charge in [0.25, 0.3) is 5.56 Å². The number of rotatable bonds is 5. The first kappa shape index (κ1) is 26.3. The minimum absolute atomic E-state index is 0.241. The zero-order chi connectivity index (χ0) is 25.4. The molecule has 9 heteroatoms. The zero-order valence-electron chi connectivity index (χ0n) is 18.5. The summed E-state index contributed by atoms with van der Waals surface area (Å²) >= 11 is 9.76. The van der Waals surface area contributed by atoms with Crippen LogP contribution in [0.2, 0.25) is 5.02 Å². The standard InChI is InChI=1S/C20H16FNO4S2.C6H5Cl/c1-14-12-17(7-2-15-3-8-18(27)9-4-15)22(20(23)13-14)26-28(24,25)19-10-5-16(21)6-11-19;7-6-4-2-1-3-5-6/h2-13,27H,1H3;1-5H. The number of pyridine rings is 1. The first-order valence-corrected chi connectivity index (χ1v) is 12.5. The van der Waals surface area contributed by atoms with Crippen LogP contribution in [-0.4, -0.2) is 13.1 Å². The van der Waals surface area contributed by atoms with Gasteiger partial charge in [-0.3, -0.25) is 9.08 Å². The first-order chi connectivity index (χ1) is 16.6. The molecule has 0 aliphatic carbocycles. The summed E-state index contributed by atoms with van der Waals surface area (Å²) in [7, 11) is -4.32. The molecule has 4 aromatic rings. The molecule has 0 amide bonds. The summed E-state index contributed by atoms with van der Waals surface area (Å²) in [4.78, 5) is 12.9. The van der Waals surface area contributed by atoms with Gasteiger partial charge in [-0.1, -0.05) is 48.0 Å². The summed E-state index contributed by atoms with van der Waals surface area (Å²) in [5.41, 5.74) is 1.08. The van der Waals surface area contributed by atoms with Crippen molar-refractivity contribution < 1.29 is 17.1 Å². The fourth-order valence-electron chi connectivity index (χ4n) is 2.83. The highest BCUT2D eigenvalue weighted by atomic mass is 35.5. The van der Waals surface area contributed by atoms with E-state index in [1.165, 1.54) is 6.07 Å². The minimum atomic E-state index is -4.32. The van der Waals surface area contributed by atoms with E-state index in [0.29, 0.717) is 10.3 Å². The number of nitrogens with zero attached hydrogens (tertiary/aromatic N) is 1. The third-order valence-corrected chi connectivity index (χ3v) is 6.25. The molecule has 0 saturated carbocycles. The Morgan fingerprint density at radius 3 is 2.11 bits per heavy atom. The van der Waals surface area contributed by atoms with Crippen molar-refractivity contribution in [2.75, 3.05) is 0 Å². The largest absolute Gasteiger partial charge is 0.357 e. The maximum absolute atomic E-state index is 13.1. The van der Waals surface area contributed by atoms with Crippen molar-refractivity contribution in [2.24, 2.45) is 0 Å². The fraction of sp³-hybridized carbons (Fsp3) is 0.0385. The molecule has 0 fully saturated rings. The van der Waals surface area contributed by atoms with E-state index < -0.39 is 21.5 Å². The van der Waals surface area contributed by atoms with Gasteiger partial charge in [0.15, 0.2) is 0 Å². The van der Waals surface area contributed by atoms with Gasteiger partial charge in [-0.05, 0) is 78.7 Å². The van der Waals surface area contributed by atoms with E-state index in [4.69, 9.17) is 15.9 Å². The average molecular weight is 530 g/mol. The lowest BCUT2D eigenvalue weighted by Gasteiger charge is -2.12. The number of thiol groups is 1. The van der Waals surface area contributed by atoms with Crippen LogP contribution >= 0.6 is 24.2 Å². The van der Waals surface area contributed by atoms with Crippen molar-refractivity contribution in [1.29, 1.82) is 0 Å². The molecule has 0 spiro atoms. The van der Waals surface area contributed by atoms with E-state index in [9.17, 15) is 17.6 Å². The Morgan fingerprint density at radius 1 is 0.914 bits per heavy atom. The summed E-state index contributed by atoms with van der Waals surface area (Å²) in [6.45, 7) is 1.72. The highest BCUT2D eigenvalue weighted by Crippen LogP contribution is 2.14. The number of hydrogen-bond donors (Lipinski definition) is 1. The van der Waals surface area contributed by atoms with Crippen molar-refractivity contribution in [2.45, 2.75) is 16.7 Å². The summed E-state index contributed by atoms with van der Waals surface area (Å²) in [5, 5.41) is 0.794. The quantitative estimate of drug-likeness (QED) is 0.326. The van der Waals surface area contributed by atoms with Crippen LogP contribution < -0.4 is 9.84 Å². The van der Waals surface area contributed by atoms with E-state index in [1.807, 2.05) is 54.6 Å². The first-order valence-electron chi connectivity index (χ1n) is 10.3. The van der Waals surface area contributed by atoms with Gasteiger partial charge in [0, 0.05) is 16.0 Å². The van der Waals surface area contributed by atoms with Crippen molar-refractivity contribution in [3.05, 3.63) is 129 Å². The lowest BCUT2D eigenvalue weighted by molar-refractivity contribution is 0.264. The molecule has 0 N–H and O–H groups in total. The number of benzene rings is 3. The number of hydrogen-bond acceptors (Lipinski definition) is 5. The van der Waals surface area contributed by atoms with Crippen molar-refractivity contribution in [3.8, 4) is 0 Å². The molecule has 0 saturated heterocycles. The van der Waals surface area contributed by atoms with E-state index in [1.54, 1.807) is 25.1 Å². The SMILES string of the molecule is Cc1cc(C=Cc2ccc(S)cc2)n(OS(=O)(=O)c2ccc(F)cc2)c(=O)c1.Clc1ccccc1. The van der Waals surface area contributed by atoms with Crippen LogP contribution in [0.15, 0.2) is 106 Å². The second-order valence-electron chi connectivity index (χ2n) is 7.29. The lowest BCUT2D eigenvalue weighted by Crippen LogP contribution is -2.32. The Bertz CT molecular complexity index is 1470. The smallest absolute Gasteiger partial charge is 0.280 e. The van der Waals surface area contributed by atoms with Gasteiger partial charge in [0.05, 0.1) is 5.69 Å². The molecule has 0 bridgehead atoms. The Kier molecular flexibility index (Phi) is 8.92. The molecule has 0 atom stereocenters. The highest BCUT2D eigenvalue weighted by Gasteiger charge is 2.19. The Morgan fingerprint density at radius 2 is 1.54 bits per heavy atom. The number of aryl methyl sites for hydroxylation is 1. The van der Waals surface area contributed by atoms with Crippen LogP contribution in [0.5, 0.6) is 0 Å². The predicted molar refractivity (Wildman–Crippen MR) is 140 cm³/mol. The van der Waals surface area contributed by atoms with Crippen LogP contribution in [0.1, 0.15) is 16.8 Å². The van der Waals surface area contributed by atoms with Gasteiger partial charge in [-0.2, -0.15) is 8.42 Å². The topological polar surface area (TPSA) is 65.4 Å². The molecule has 5 nitrogen and oxygen atoms in total. The van der Waals surface area contributed by atoms with Gasteiger partial charge in [0.2, 0.25) is 0 Å². The van der Waals surface area contributed by atoms with Crippen molar-refractivity contribution in [3.63, 3.8) is 0 Å². The molecule has 0 radical (unpaired) electrons. The van der Waals surface area contributed by atoms with Gasteiger partial charge in [-0.25, -0.2) is 4.39 Å². The van der Waals surface area contributed by atoms with E-state index in [-0.39, 0.29) is 10.6 Å². The highest BCUT2D eigenvalue weighted by molar-refractivity contribution is 7.87. The Hall–Kier alpha value is -3.33. The summed E-state index contributed by atoms with van der Waals surface area (Å²) < 4.78 is 43.7. The molecule has 1 heterocycles. The summed E-state index contributed by atoms with van der Waals surface area (Å²) in [6.07, 6.45) is 3.29. The number of aromatic nitrogens is 1. The summed E-state index contributed by atoms with van der Waals surface area (Å²) in [5.74, 6) is -0.581. The second-order valence-corrected chi connectivity index (χ2v) is 9.77. The molecular formula is C26H21ClFNO4S2. The molecule has 0 unspecified atom stereocenters. The Labute approximate surface area is 213 Å². The van der Waals surface area contributed by atoms with Crippen molar-refractivity contribution in [1.82, 2.24) is 4.73 Å². The average Bonchev–Trinajstić information content (AvgIpc) is 2.82. The maximum atomic E-state index is 13.1. The third-order valence-electron chi connectivity index (χ3n) is 4.51. The molecule has 1 aromatic heterocycles. The van der Waals surface area contributed by atoms with Crippen LogP contribution in [-0.2, 0) is 10.1 Å². The summed E-state index contributed by atoms with van der Waals surface area (Å²) in [6, 6.07) is 23.7. The monoisotopic (exact) mass is 529 g/mol. The van der Waals surface area contributed by atoms with Gasteiger partial charge in [0.1, 0.15) is 10.7 Å². The molecule has 0 aliphatic rings. The van der Waals surface area contributed by atoms with Crippen LogP contribution in [0.25, 0.3) is 12.2 Å². The van der Waals surface area contributed by atoms with Gasteiger partial charge in [-0.15, -0.1) is 17.4 Å². The molecule has 4 rings (SSSR count). The Balaban J connectivity index is 0.000000420. The molecule has 180 valence electrons.